The average molecular weight is 383 g/mol. The Balaban J connectivity index is 2.07. The molecule has 1 aromatic rings. The van der Waals surface area contributed by atoms with Crippen LogP contribution in [0.25, 0.3) is 0 Å². The number of sulfonamides is 1. The average Bonchev–Trinajstić information content (AvgIpc) is 2.50. The Morgan fingerprint density at radius 1 is 1.26 bits per heavy atom. The number of nitrogens with zero attached hydrogens (tertiary/aromatic N) is 1. The summed E-state index contributed by atoms with van der Waals surface area (Å²) in [6.07, 6.45) is 1.15. The van der Waals surface area contributed by atoms with Gasteiger partial charge >= 0.3 is 0 Å². The minimum absolute atomic E-state index is 0.0118. The summed E-state index contributed by atoms with van der Waals surface area (Å²) in [5.41, 5.74) is 6.74. The van der Waals surface area contributed by atoms with Gasteiger partial charge in [0.2, 0.25) is 10.0 Å². The zero-order valence-corrected chi connectivity index (χ0v) is 14.8. The highest BCUT2D eigenvalue weighted by molar-refractivity contribution is 7.89. The van der Waals surface area contributed by atoms with Crippen LogP contribution in [0, 0.1) is 5.92 Å². The first-order valence-electron chi connectivity index (χ1n) is 7.28. The number of hydrogen-bond acceptors (Lipinski definition) is 5. The Hall–Kier alpha value is -0.570. The van der Waals surface area contributed by atoms with Gasteiger partial charge < -0.3 is 15.9 Å². The minimum atomic E-state index is -3.41. The van der Waals surface area contributed by atoms with Crippen LogP contribution in [-0.4, -0.2) is 48.4 Å². The highest BCUT2D eigenvalue weighted by Gasteiger charge is 2.31. The van der Waals surface area contributed by atoms with E-state index < -0.39 is 16.1 Å². The molecule has 9 heteroatoms. The lowest BCUT2D eigenvalue weighted by atomic mass is 9.86. The van der Waals surface area contributed by atoms with E-state index in [1.54, 1.807) is 6.07 Å². The molecular formula is C14H20Cl2N2O4S. The Morgan fingerprint density at radius 3 is 2.39 bits per heavy atom. The fourth-order valence-corrected chi connectivity index (χ4v) is 4.42. The second-order valence-corrected chi connectivity index (χ2v) is 8.53. The quantitative estimate of drug-likeness (QED) is 0.719. The molecule has 1 aliphatic heterocycles. The number of phenolic OH excluding ortho intramolecular Hbond substituents is 1. The molecule has 0 aliphatic carbocycles. The number of aliphatic hydroxyl groups is 1. The van der Waals surface area contributed by atoms with Crippen LogP contribution >= 0.6 is 23.2 Å². The van der Waals surface area contributed by atoms with Crippen molar-refractivity contribution in [2.75, 3.05) is 25.4 Å². The van der Waals surface area contributed by atoms with Crippen molar-refractivity contribution in [3.63, 3.8) is 0 Å². The van der Waals surface area contributed by atoms with E-state index in [2.05, 4.69) is 0 Å². The summed E-state index contributed by atoms with van der Waals surface area (Å²) in [6.45, 7) is 0.310. The molecule has 0 unspecified atom stereocenters. The summed E-state index contributed by atoms with van der Waals surface area (Å²) in [5, 5.41) is 19.4. The topological polar surface area (TPSA) is 104 Å². The lowest BCUT2D eigenvalue weighted by Crippen LogP contribution is -2.42. The van der Waals surface area contributed by atoms with Crippen molar-refractivity contribution in [3.05, 3.63) is 27.7 Å². The van der Waals surface area contributed by atoms with E-state index in [0.717, 1.165) is 0 Å². The molecule has 1 atom stereocenters. The fraction of sp³-hybridized carbons (Fsp3) is 0.571. The van der Waals surface area contributed by atoms with Crippen molar-refractivity contribution >= 4 is 33.2 Å². The maximum Gasteiger partial charge on any atom is 0.216 e. The molecule has 0 spiro atoms. The number of benzene rings is 1. The van der Waals surface area contributed by atoms with Crippen LogP contribution in [0.15, 0.2) is 12.1 Å². The van der Waals surface area contributed by atoms with Crippen molar-refractivity contribution < 1.29 is 18.6 Å². The maximum absolute atomic E-state index is 11.9. The first kappa shape index (κ1) is 18.8. The van der Waals surface area contributed by atoms with Crippen LogP contribution in [-0.2, 0) is 10.0 Å². The highest BCUT2D eigenvalue weighted by Crippen LogP contribution is 2.38. The Labute approximate surface area is 145 Å². The zero-order chi connectivity index (χ0) is 17.2. The number of nitrogens with two attached hydrogens (primary N) is 1. The predicted molar refractivity (Wildman–Crippen MR) is 90.2 cm³/mol. The standard InChI is InChI=1S/C14H20Cl2N2O4S/c15-11-7-10(13(20)8-12(11)16)14(17)9-1-3-18(4-2-9)23(21,22)6-5-19/h7-9,14,19-20H,1-6,17H2/t14-/m1/s1. The van der Waals surface area contributed by atoms with Gasteiger partial charge in [-0.05, 0) is 24.8 Å². The number of halogens is 2. The van der Waals surface area contributed by atoms with Crippen molar-refractivity contribution in [2.24, 2.45) is 11.7 Å². The van der Waals surface area contributed by atoms with Crippen LogP contribution < -0.4 is 5.73 Å². The second kappa shape index (κ2) is 7.55. The molecule has 1 aliphatic rings. The largest absolute Gasteiger partial charge is 0.508 e. The van der Waals surface area contributed by atoms with Crippen LogP contribution in [0.3, 0.4) is 0 Å². The van der Waals surface area contributed by atoms with E-state index in [4.69, 9.17) is 34.0 Å². The molecule has 4 N–H and O–H groups in total. The van der Waals surface area contributed by atoms with Gasteiger partial charge in [0.1, 0.15) is 5.75 Å². The highest BCUT2D eigenvalue weighted by atomic mass is 35.5. The molecule has 1 heterocycles. The van der Waals surface area contributed by atoms with Gasteiger partial charge in [0.05, 0.1) is 22.4 Å². The number of rotatable bonds is 5. The summed E-state index contributed by atoms with van der Waals surface area (Å²) in [6, 6.07) is 2.46. The van der Waals surface area contributed by atoms with Crippen molar-refractivity contribution in [1.82, 2.24) is 4.31 Å². The van der Waals surface area contributed by atoms with Gasteiger partial charge in [0, 0.05) is 30.8 Å². The van der Waals surface area contributed by atoms with Crippen LogP contribution in [0.4, 0.5) is 0 Å². The predicted octanol–water partition coefficient (Wildman–Crippen LogP) is 1.73. The molecule has 0 saturated carbocycles. The summed E-state index contributed by atoms with van der Waals surface area (Å²) in [7, 11) is -3.41. The first-order valence-corrected chi connectivity index (χ1v) is 9.65. The molecule has 23 heavy (non-hydrogen) atoms. The van der Waals surface area contributed by atoms with Gasteiger partial charge in [0.25, 0.3) is 0 Å². The molecule has 2 rings (SSSR count). The Morgan fingerprint density at radius 2 is 1.83 bits per heavy atom. The monoisotopic (exact) mass is 382 g/mol. The normalized spacial score (nSPS) is 19.0. The Kier molecular flexibility index (Phi) is 6.16. The number of hydrogen-bond donors (Lipinski definition) is 3. The van der Waals surface area contributed by atoms with Gasteiger partial charge in [-0.3, -0.25) is 0 Å². The summed E-state index contributed by atoms with van der Waals surface area (Å²) in [5.74, 6) is -0.252. The van der Waals surface area contributed by atoms with Gasteiger partial charge in [0.15, 0.2) is 0 Å². The smallest absolute Gasteiger partial charge is 0.216 e. The van der Waals surface area contributed by atoms with E-state index >= 15 is 0 Å². The van der Waals surface area contributed by atoms with Crippen LogP contribution in [0.2, 0.25) is 10.0 Å². The first-order chi connectivity index (χ1) is 10.8. The third kappa shape index (κ3) is 4.29. The SMILES string of the molecule is N[C@@H](c1cc(Cl)c(Cl)cc1O)C1CCN(S(=O)(=O)CCO)CC1. The van der Waals surface area contributed by atoms with Gasteiger partial charge in [-0.25, -0.2) is 12.7 Å². The van der Waals surface area contributed by atoms with Crippen LogP contribution in [0.1, 0.15) is 24.4 Å². The van der Waals surface area contributed by atoms with Crippen molar-refractivity contribution in [1.29, 1.82) is 0 Å². The third-order valence-electron chi connectivity index (χ3n) is 4.18. The molecule has 0 aromatic heterocycles. The molecule has 0 bridgehead atoms. The maximum atomic E-state index is 11.9. The molecule has 6 nitrogen and oxygen atoms in total. The van der Waals surface area contributed by atoms with E-state index in [9.17, 15) is 13.5 Å². The lowest BCUT2D eigenvalue weighted by molar-refractivity contribution is 0.240. The van der Waals surface area contributed by atoms with Crippen molar-refractivity contribution in [3.8, 4) is 5.75 Å². The minimum Gasteiger partial charge on any atom is -0.508 e. The molecule has 1 saturated heterocycles. The third-order valence-corrected chi connectivity index (χ3v) is 6.75. The zero-order valence-electron chi connectivity index (χ0n) is 12.5. The molecular weight excluding hydrogens is 363 g/mol. The Bertz CT molecular complexity index is 661. The van der Waals surface area contributed by atoms with Gasteiger partial charge in [-0.2, -0.15) is 0 Å². The number of piperidine rings is 1. The van der Waals surface area contributed by atoms with Crippen molar-refractivity contribution in [2.45, 2.75) is 18.9 Å². The summed E-state index contributed by atoms with van der Waals surface area (Å²) < 4.78 is 25.2. The number of aromatic hydroxyl groups is 1. The van der Waals surface area contributed by atoms with E-state index in [0.29, 0.717) is 36.5 Å². The molecule has 0 radical (unpaired) electrons. The van der Waals surface area contributed by atoms with Gasteiger partial charge in [-0.15, -0.1) is 0 Å². The molecule has 1 aromatic carbocycles. The van der Waals surface area contributed by atoms with E-state index in [1.807, 2.05) is 0 Å². The van der Waals surface area contributed by atoms with E-state index in [1.165, 1.54) is 10.4 Å². The van der Waals surface area contributed by atoms with Gasteiger partial charge in [-0.1, -0.05) is 23.2 Å². The summed E-state index contributed by atoms with van der Waals surface area (Å²) >= 11 is 11.8. The van der Waals surface area contributed by atoms with E-state index in [-0.39, 0.29) is 29.0 Å². The lowest BCUT2D eigenvalue weighted by Gasteiger charge is -2.34. The fourth-order valence-electron chi connectivity index (χ4n) is 2.83. The molecule has 0 amide bonds. The summed E-state index contributed by atoms with van der Waals surface area (Å²) in [4.78, 5) is 0. The van der Waals surface area contributed by atoms with Crippen LogP contribution in [0.5, 0.6) is 5.75 Å². The number of phenols is 1. The number of aliphatic hydroxyl groups excluding tert-OH is 1. The second-order valence-electron chi connectivity index (χ2n) is 5.63. The molecule has 130 valence electrons. The molecule has 1 fully saturated rings.